The quantitative estimate of drug-likeness (QED) is 0.639. The van der Waals surface area contributed by atoms with Crippen molar-refractivity contribution in [2.24, 2.45) is 0 Å². The number of aryl methyl sites for hydroxylation is 2. The minimum absolute atomic E-state index is 0.251. The first-order chi connectivity index (χ1) is 12.1. The Balaban J connectivity index is 1.65. The molecule has 0 saturated heterocycles. The van der Waals surface area contributed by atoms with Crippen LogP contribution in [0.15, 0.2) is 66.9 Å². The number of hydrogen-bond donors (Lipinski definition) is 0. The summed E-state index contributed by atoms with van der Waals surface area (Å²) in [6, 6.07) is 20.6. The van der Waals surface area contributed by atoms with Gasteiger partial charge >= 0.3 is 0 Å². The molecule has 25 heavy (non-hydrogen) atoms. The zero-order valence-electron chi connectivity index (χ0n) is 14.8. The topological polar surface area (TPSA) is 30.0 Å². The van der Waals surface area contributed by atoms with E-state index in [0.29, 0.717) is 12.8 Å². The van der Waals surface area contributed by atoms with Gasteiger partial charge in [-0.05, 0) is 53.3 Å². The van der Waals surface area contributed by atoms with E-state index in [1.807, 2.05) is 43.5 Å². The second-order valence-electron chi connectivity index (χ2n) is 6.45. The van der Waals surface area contributed by atoms with Crippen LogP contribution in [0.4, 0.5) is 0 Å². The molecule has 2 heteroatoms. The van der Waals surface area contributed by atoms with E-state index in [1.54, 1.807) is 0 Å². The van der Waals surface area contributed by atoms with Crippen molar-refractivity contribution in [3.8, 4) is 11.1 Å². The lowest BCUT2D eigenvalue weighted by molar-refractivity contribution is -0.117. The van der Waals surface area contributed by atoms with Gasteiger partial charge in [0.2, 0.25) is 0 Å². The molecular formula is C23H23NO. The van der Waals surface area contributed by atoms with Crippen LogP contribution in [0, 0.1) is 6.92 Å². The first-order valence-corrected chi connectivity index (χ1v) is 8.75. The highest BCUT2D eigenvalue weighted by Gasteiger charge is 2.07. The van der Waals surface area contributed by atoms with Gasteiger partial charge in [-0.15, -0.1) is 0 Å². The maximum Gasteiger partial charge on any atom is 0.141 e. The number of carbonyl (C=O) groups excluding carboxylic acids is 1. The lowest BCUT2D eigenvalue weighted by atomic mass is 9.99. The molecule has 0 atom stereocenters. The molecule has 0 unspecified atom stereocenters. The lowest BCUT2D eigenvalue weighted by Crippen LogP contribution is -2.06. The maximum atomic E-state index is 12.4. The summed E-state index contributed by atoms with van der Waals surface area (Å²) in [5.74, 6) is 0.251. The molecule has 0 radical (unpaired) electrons. The molecule has 2 nitrogen and oxygen atoms in total. The van der Waals surface area contributed by atoms with Gasteiger partial charge in [0.25, 0.3) is 0 Å². The number of hydrogen-bond acceptors (Lipinski definition) is 2. The van der Waals surface area contributed by atoms with Crippen LogP contribution in [-0.2, 0) is 24.1 Å². The Labute approximate surface area is 149 Å². The van der Waals surface area contributed by atoms with Gasteiger partial charge in [-0.1, -0.05) is 55.5 Å². The van der Waals surface area contributed by atoms with Gasteiger partial charge in [-0.25, -0.2) is 0 Å². The molecule has 0 fully saturated rings. The van der Waals surface area contributed by atoms with Crippen molar-refractivity contribution >= 4 is 5.78 Å². The largest absolute Gasteiger partial charge is 0.299 e. The summed E-state index contributed by atoms with van der Waals surface area (Å²) in [6.07, 6.45) is 3.80. The minimum Gasteiger partial charge on any atom is -0.299 e. The van der Waals surface area contributed by atoms with Crippen LogP contribution in [0.1, 0.15) is 29.3 Å². The monoisotopic (exact) mass is 329 g/mol. The SMILES string of the molecule is CCc1cccc(CC(=O)Cc2ccc(-c3ccnc(C)c3)cc2)c1. The van der Waals surface area contributed by atoms with Gasteiger partial charge in [-0.3, -0.25) is 9.78 Å². The zero-order chi connectivity index (χ0) is 17.6. The molecule has 0 aliphatic rings. The fourth-order valence-electron chi connectivity index (χ4n) is 3.02. The van der Waals surface area contributed by atoms with Gasteiger partial charge in [0.1, 0.15) is 5.78 Å². The van der Waals surface area contributed by atoms with E-state index in [4.69, 9.17) is 0 Å². The lowest BCUT2D eigenvalue weighted by Gasteiger charge is -2.06. The van der Waals surface area contributed by atoms with Crippen molar-refractivity contribution in [1.29, 1.82) is 0 Å². The number of carbonyl (C=O) groups is 1. The summed E-state index contributed by atoms with van der Waals surface area (Å²) < 4.78 is 0. The third kappa shape index (κ3) is 4.63. The standard InChI is InChI=1S/C23H23NO/c1-3-18-5-4-6-20(14-18)16-23(25)15-19-7-9-21(10-8-19)22-11-12-24-17(2)13-22/h4-14H,3,15-16H2,1-2H3. The zero-order valence-corrected chi connectivity index (χ0v) is 14.8. The highest BCUT2D eigenvalue weighted by Crippen LogP contribution is 2.20. The predicted octanol–water partition coefficient (Wildman–Crippen LogP) is 4.97. The van der Waals surface area contributed by atoms with Crippen LogP contribution in [0.25, 0.3) is 11.1 Å². The Morgan fingerprint density at radius 1 is 0.840 bits per heavy atom. The van der Waals surface area contributed by atoms with Crippen LogP contribution in [0.2, 0.25) is 0 Å². The third-order valence-corrected chi connectivity index (χ3v) is 4.39. The molecule has 1 aromatic heterocycles. The molecule has 0 aliphatic carbocycles. The van der Waals surface area contributed by atoms with Crippen LogP contribution in [0.3, 0.4) is 0 Å². The van der Waals surface area contributed by atoms with Crippen molar-refractivity contribution in [3.05, 3.63) is 89.2 Å². The molecule has 0 saturated carbocycles. The van der Waals surface area contributed by atoms with Crippen LogP contribution in [0.5, 0.6) is 0 Å². The molecule has 0 amide bonds. The number of nitrogens with zero attached hydrogens (tertiary/aromatic N) is 1. The number of benzene rings is 2. The fraction of sp³-hybridized carbons (Fsp3) is 0.217. The van der Waals surface area contributed by atoms with Gasteiger partial charge in [-0.2, -0.15) is 0 Å². The summed E-state index contributed by atoms with van der Waals surface area (Å²) in [4.78, 5) is 16.6. The van der Waals surface area contributed by atoms with Crippen molar-refractivity contribution < 1.29 is 4.79 Å². The fourth-order valence-corrected chi connectivity index (χ4v) is 3.02. The summed E-state index contributed by atoms with van der Waals surface area (Å²) in [6.45, 7) is 4.12. The Morgan fingerprint density at radius 2 is 1.56 bits per heavy atom. The summed E-state index contributed by atoms with van der Waals surface area (Å²) in [5, 5.41) is 0. The maximum absolute atomic E-state index is 12.4. The Bertz CT molecular complexity index is 865. The van der Waals surface area contributed by atoms with Crippen molar-refractivity contribution in [3.63, 3.8) is 0 Å². The van der Waals surface area contributed by atoms with E-state index in [-0.39, 0.29) is 5.78 Å². The average Bonchev–Trinajstić information content (AvgIpc) is 2.62. The number of Topliss-reactive ketones (excluding diaryl/α,β-unsaturated/α-hetero) is 1. The van der Waals surface area contributed by atoms with E-state index >= 15 is 0 Å². The summed E-state index contributed by atoms with van der Waals surface area (Å²) in [7, 11) is 0. The highest BCUT2D eigenvalue weighted by atomic mass is 16.1. The number of ketones is 1. The molecule has 0 N–H and O–H groups in total. The van der Waals surface area contributed by atoms with Crippen molar-refractivity contribution in [2.45, 2.75) is 33.1 Å². The normalized spacial score (nSPS) is 10.6. The van der Waals surface area contributed by atoms with Gasteiger partial charge in [0.15, 0.2) is 0 Å². The molecular weight excluding hydrogens is 306 g/mol. The third-order valence-electron chi connectivity index (χ3n) is 4.39. The molecule has 1 heterocycles. The van der Waals surface area contributed by atoms with Crippen molar-refractivity contribution in [2.75, 3.05) is 0 Å². The van der Waals surface area contributed by atoms with Crippen LogP contribution >= 0.6 is 0 Å². The molecule has 3 rings (SSSR count). The van der Waals surface area contributed by atoms with Gasteiger partial charge in [0.05, 0.1) is 0 Å². The molecule has 126 valence electrons. The molecule has 0 aliphatic heterocycles. The van der Waals surface area contributed by atoms with Crippen molar-refractivity contribution in [1.82, 2.24) is 4.98 Å². The number of rotatable bonds is 6. The van der Waals surface area contributed by atoms with Crippen LogP contribution < -0.4 is 0 Å². The Hall–Kier alpha value is -2.74. The predicted molar refractivity (Wildman–Crippen MR) is 103 cm³/mol. The molecule has 3 aromatic rings. The highest BCUT2D eigenvalue weighted by molar-refractivity contribution is 5.83. The second-order valence-corrected chi connectivity index (χ2v) is 6.45. The summed E-state index contributed by atoms with van der Waals surface area (Å²) >= 11 is 0. The average molecular weight is 329 g/mol. The Morgan fingerprint density at radius 3 is 2.28 bits per heavy atom. The molecule has 0 bridgehead atoms. The first kappa shape index (κ1) is 17.1. The summed E-state index contributed by atoms with van der Waals surface area (Å²) in [5.41, 5.74) is 6.76. The van der Waals surface area contributed by atoms with Crippen LogP contribution in [-0.4, -0.2) is 10.8 Å². The molecule has 0 spiro atoms. The minimum atomic E-state index is 0.251. The van der Waals surface area contributed by atoms with E-state index in [1.165, 1.54) is 5.56 Å². The smallest absolute Gasteiger partial charge is 0.141 e. The van der Waals surface area contributed by atoms with E-state index < -0.39 is 0 Å². The van der Waals surface area contributed by atoms with E-state index in [0.717, 1.165) is 34.4 Å². The van der Waals surface area contributed by atoms with Gasteiger partial charge < -0.3 is 0 Å². The Kier molecular flexibility index (Phi) is 5.39. The van der Waals surface area contributed by atoms with E-state index in [2.05, 4.69) is 42.2 Å². The van der Waals surface area contributed by atoms with E-state index in [9.17, 15) is 4.79 Å². The number of aromatic nitrogens is 1. The first-order valence-electron chi connectivity index (χ1n) is 8.75. The molecule has 2 aromatic carbocycles. The number of pyridine rings is 1. The second kappa shape index (κ2) is 7.89. The van der Waals surface area contributed by atoms with Gasteiger partial charge in [0, 0.05) is 24.7 Å².